The number of methoxy groups -OCH3 is 1. The highest BCUT2D eigenvalue weighted by Gasteiger charge is 2.28. The third-order valence-corrected chi connectivity index (χ3v) is 3.79. The summed E-state index contributed by atoms with van der Waals surface area (Å²) in [6.07, 6.45) is -2.49. The maximum atomic E-state index is 12.8. The molecule has 0 bridgehead atoms. The molecule has 6 heteroatoms. The Morgan fingerprint density at radius 1 is 1.45 bits per heavy atom. The minimum atomic E-state index is -2.49. The molecule has 0 aromatic heterocycles. The van der Waals surface area contributed by atoms with Gasteiger partial charge in [0.15, 0.2) is 0 Å². The fourth-order valence-corrected chi connectivity index (χ4v) is 2.59. The normalized spacial score (nSPS) is 17.2. The molecule has 0 radical (unpaired) electrons. The number of hydrogen-bond acceptors (Lipinski definition) is 4. The van der Waals surface area contributed by atoms with Crippen LogP contribution >= 0.6 is 11.8 Å². The second-order valence-corrected chi connectivity index (χ2v) is 6.09. The molecule has 1 aliphatic heterocycles. The van der Waals surface area contributed by atoms with Gasteiger partial charge in [0.05, 0.1) is 11.5 Å². The molecule has 1 aromatic carbocycles. The van der Waals surface area contributed by atoms with Crippen LogP contribution in [-0.4, -0.2) is 31.1 Å². The van der Waals surface area contributed by atoms with Gasteiger partial charge in [-0.25, -0.2) is 13.8 Å². The van der Waals surface area contributed by atoms with Crippen molar-refractivity contribution in [1.82, 2.24) is 0 Å². The van der Waals surface area contributed by atoms with Crippen LogP contribution in [0.15, 0.2) is 28.1 Å². The van der Waals surface area contributed by atoms with Crippen molar-refractivity contribution in [2.24, 2.45) is 4.99 Å². The zero-order valence-electron chi connectivity index (χ0n) is 11.7. The van der Waals surface area contributed by atoms with Gasteiger partial charge >= 0.3 is 0 Å². The monoisotopic (exact) mass is 301 g/mol. The van der Waals surface area contributed by atoms with Crippen molar-refractivity contribution in [3.05, 3.63) is 29.3 Å². The summed E-state index contributed by atoms with van der Waals surface area (Å²) in [7, 11) is 1.57. The van der Waals surface area contributed by atoms with E-state index in [1.165, 1.54) is 23.9 Å². The van der Waals surface area contributed by atoms with Crippen LogP contribution < -0.4 is 0 Å². The average Bonchev–Trinajstić information content (AvgIpc) is 2.76. The number of hydrogen-bond donors (Lipinski definition) is 0. The van der Waals surface area contributed by atoms with E-state index in [-0.39, 0.29) is 11.1 Å². The van der Waals surface area contributed by atoms with E-state index in [0.717, 1.165) is 5.56 Å². The van der Waals surface area contributed by atoms with Crippen molar-refractivity contribution in [3.8, 4) is 0 Å². The van der Waals surface area contributed by atoms with E-state index >= 15 is 0 Å². The van der Waals surface area contributed by atoms with Crippen molar-refractivity contribution < 1.29 is 18.3 Å². The number of aliphatic imine (C=N–C) groups is 1. The van der Waals surface area contributed by atoms with Crippen molar-refractivity contribution >= 4 is 17.7 Å². The summed E-state index contributed by atoms with van der Waals surface area (Å²) in [5.41, 5.74) is 0.451. The van der Waals surface area contributed by atoms with Gasteiger partial charge in [-0.2, -0.15) is 0 Å². The van der Waals surface area contributed by atoms with Gasteiger partial charge < -0.3 is 9.47 Å². The maximum absolute atomic E-state index is 12.8. The van der Waals surface area contributed by atoms with Crippen LogP contribution in [0.4, 0.5) is 8.78 Å². The van der Waals surface area contributed by atoms with Crippen LogP contribution in [0.2, 0.25) is 0 Å². The van der Waals surface area contributed by atoms with Gasteiger partial charge in [0.2, 0.25) is 5.90 Å². The predicted molar refractivity (Wildman–Crippen MR) is 75.7 cm³/mol. The average molecular weight is 301 g/mol. The molecule has 0 unspecified atom stereocenters. The molecular formula is C14H17F2NO2S. The van der Waals surface area contributed by atoms with Crippen molar-refractivity contribution in [2.75, 3.05) is 19.7 Å². The molecule has 0 atom stereocenters. The van der Waals surface area contributed by atoms with E-state index < -0.39 is 6.43 Å². The zero-order valence-corrected chi connectivity index (χ0v) is 12.5. The number of nitrogens with zero attached hydrogens (tertiary/aromatic N) is 1. The first-order chi connectivity index (χ1) is 9.43. The number of ether oxygens (including phenoxy) is 2. The topological polar surface area (TPSA) is 30.8 Å². The Bertz CT molecular complexity index is 518. The van der Waals surface area contributed by atoms with Gasteiger partial charge in [-0.15, -0.1) is 0 Å². The molecule has 20 heavy (non-hydrogen) atoms. The predicted octanol–water partition coefficient (Wildman–Crippen LogP) is 3.88. The Balaban J connectivity index is 2.36. The minimum Gasteiger partial charge on any atom is -0.475 e. The maximum Gasteiger partial charge on any atom is 0.263 e. The first-order valence-electron chi connectivity index (χ1n) is 6.20. The lowest BCUT2D eigenvalue weighted by Crippen LogP contribution is -2.17. The van der Waals surface area contributed by atoms with Gasteiger partial charge in [-0.1, -0.05) is 17.8 Å². The number of rotatable bonds is 5. The molecule has 0 aliphatic carbocycles. The quantitative estimate of drug-likeness (QED) is 0.611. The fraction of sp³-hybridized carbons (Fsp3) is 0.500. The van der Waals surface area contributed by atoms with Gasteiger partial charge in [0.25, 0.3) is 6.43 Å². The van der Waals surface area contributed by atoms with E-state index in [1.807, 2.05) is 13.8 Å². The van der Waals surface area contributed by atoms with Crippen LogP contribution in [0, 0.1) is 0 Å². The van der Waals surface area contributed by atoms with Crippen molar-refractivity contribution in [3.63, 3.8) is 0 Å². The van der Waals surface area contributed by atoms with Crippen molar-refractivity contribution in [2.45, 2.75) is 30.7 Å². The highest BCUT2D eigenvalue weighted by molar-refractivity contribution is 7.99. The number of halogens is 2. The molecule has 0 N–H and O–H groups in total. The largest absolute Gasteiger partial charge is 0.475 e. The van der Waals surface area contributed by atoms with Crippen LogP contribution in [0.1, 0.15) is 31.4 Å². The highest BCUT2D eigenvalue weighted by atomic mass is 32.2. The molecule has 1 aromatic rings. The molecule has 3 nitrogen and oxygen atoms in total. The second-order valence-electron chi connectivity index (χ2n) is 5.13. The SMILES string of the molecule is COCSc1cc(C(F)F)ccc1C1=NC(C)(C)CO1. The molecule has 110 valence electrons. The first-order valence-corrected chi connectivity index (χ1v) is 7.18. The van der Waals surface area contributed by atoms with E-state index in [2.05, 4.69) is 4.99 Å². The molecule has 0 saturated heterocycles. The molecule has 1 aliphatic rings. The number of thioether (sulfide) groups is 1. The molecule has 0 fully saturated rings. The first kappa shape index (κ1) is 15.3. The second kappa shape index (κ2) is 6.10. The summed E-state index contributed by atoms with van der Waals surface area (Å²) >= 11 is 1.35. The Hall–Kier alpha value is -1.14. The molecule has 2 rings (SSSR count). The summed E-state index contributed by atoms with van der Waals surface area (Å²) in [4.78, 5) is 5.18. The Kier molecular flexibility index (Phi) is 4.65. The van der Waals surface area contributed by atoms with E-state index in [0.29, 0.717) is 23.3 Å². The zero-order chi connectivity index (χ0) is 14.8. The van der Waals surface area contributed by atoms with Gasteiger partial charge in [0, 0.05) is 23.1 Å². The third kappa shape index (κ3) is 3.49. The number of benzene rings is 1. The lowest BCUT2D eigenvalue weighted by atomic mass is 10.1. The summed E-state index contributed by atoms with van der Waals surface area (Å²) in [5, 5.41) is 0. The van der Waals surface area contributed by atoms with E-state index in [4.69, 9.17) is 9.47 Å². The molecule has 0 saturated carbocycles. The van der Waals surface area contributed by atoms with Gasteiger partial charge in [-0.3, -0.25) is 0 Å². The minimum absolute atomic E-state index is 0.00906. The Morgan fingerprint density at radius 3 is 2.75 bits per heavy atom. The van der Waals surface area contributed by atoms with E-state index in [1.54, 1.807) is 13.2 Å². The standard InChI is InChI=1S/C14H17F2NO2S/c1-14(2)7-19-13(17-14)10-5-4-9(12(15)16)6-11(10)20-8-18-3/h4-6,12H,7-8H2,1-3H3. The lowest BCUT2D eigenvalue weighted by Gasteiger charge is -2.10. The fourth-order valence-electron chi connectivity index (χ4n) is 1.82. The summed E-state index contributed by atoms with van der Waals surface area (Å²) in [6.45, 7) is 4.43. The number of alkyl halides is 2. The molecule has 0 amide bonds. The summed E-state index contributed by atoms with van der Waals surface area (Å²) in [5.74, 6) is 0.894. The van der Waals surface area contributed by atoms with Crippen LogP contribution in [0.25, 0.3) is 0 Å². The van der Waals surface area contributed by atoms with Crippen LogP contribution in [0.3, 0.4) is 0 Å². The molecule has 0 spiro atoms. The van der Waals surface area contributed by atoms with E-state index in [9.17, 15) is 8.78 Å². The summed E-state index contributed by atoms with van der Waals surface area (Å²) < 4.78 is 36.2. The Labute approximate surface area is 121 Å². The third-order valence-electron chi connectivity index (χ3n) is 2.79. The Morgan fingerprint density at radius 2 is 2.20 bits per heavy atom. The van der Waals surface area contributed by atoms with Crippen LogP contribution in [0.5, 0.6) is 0 Å². The smallest absolute Gasteiger partial charge is 0.263 e. The molecular weight excluding hydrogens is 284 g/mol. The van der Waals surface area contributed by atoms with Gasteiger partial charge in [-0.05, 0) is 26.0 Å². The lowest BCUT2D eigenvalue weighted by molar-refractivity contribution is 0.151. The van der Waals surface area contributed by atoms with Crippen molar-refractivity contribution in [1.29, 1.82) is 0 Å². The summed E-state index contributed by atoms with van der Waals surface area (Å²) in [6, 6.07) is 4.52. The highest BCUT2D eigenvalue weighted by Crippen LogP contribution is 2.31. The van der Waals surface area contributed by atoms with Crippen LogP contribution in [-0.2, 0) is 9.47 Å². The molecule has 1 heterocycles. The van der Waals surface area contributed by atoms with Gasteiger partial charge in [0.1, 0.15) is 6.61 Å².